The molecule has 0 spiro atoms. The van der Waals surface area contributed by atoms with Crippen molar-refractivity contribution >= 4 is 7.85 Å². The number of ether oxygens (including phenoxy) is 2. The van der Waals surface area contributed by atoms with Crippen LogP contribution in [0.15, 0.2) is 12.4 Å². The number of nitrogens with zero attached hydrogens (tertiary/aromatic N) is 3. The Balaban J connectivity index is 1.86. The second-order valence-electron chi connectivity index (χ2n) is 3.63. The third-order valence-electron chi connectivity index (χ3n) is 2.44. The molecule has 2 heterocycles. The SMILES string of the molecule is [B]C1CC(OCn2ccnn2)C(CC#C)O1. The molecule has 6 heteroatoms. The lowest BCUT2D eigenvalue weighted by Crippen LogP contribution is -2.25. The van der Waals surface area contributed by atoms with Crippen LogP contribution in [0.5, 0.6) is 0 Å². The van der Waals surface area contributed by atoms with Crippen molar-refractivity contribution in [2.75, 3.05) is 0 Å². The molecule has 0 aliphatic carbocycles. The first kappa shape index (κ1) is 11.2. The zero-order valence-corrected chi connectivity index (χ0v) is 8.82. The fourth-order valence-corrected chi connectivity index (χ4v) is 1.69. The molecule has 3 unspecified atom stereocenters. The molecular weight excluding hydrogens is 205 g/mol. The Labute approximate surface area is 95.5 Å². The van der Waals surface area contributed by atoms with Gasteiger partial charge < -0.3 is 9.47 Å². The van der Waals surface area contributed by atoms with Crippen molar-refractivity contribution in [2.45, 2.75) is 37.8 Å². The molecule has 0 N–H and O–H groups in total. The molecule has 1 aromatic heterocycles. The van der Waals surface area contributed by atoms with Crippen LogP contribution in [0.1, 0.15) is 12.8 Å². The average molecular weight is 217 g/mol. The normalized spacial score (nSPS) is 29.1. The highest BCUT2D eigenvalue weighted by atomic mass is 16.6. The summed E-state index contributed by atoms with van der Waals surface area (Å²) in [5.41, 5.74) is 0. The van der Waals surface area contributed by atoms with Crippen LogP contribution < -0.4 is 0 Å². The molecule has 0 saturated carbocycles. The Morgan fingerprint density at radius 2 is 2.56 bits per heavy atom. The largest absolute Gasteiger partial charge is 0.381 e. The van der Waals surface area contributed by atoms with Crippen LogP contribution >= 0.6 is 0 Å². The minimum atomic E-state index is -0.293. The van der Waals surface area contributed by atoms with Gasteiger partial charge in [0.05, 0.1) is 18.4 Å². The Bertz CT molecular complexity index is 363. The van der Waals surface area contributed by atoms with Gasteiger partial charge >= 0.3 is 0 Å². The van der Waals surface area contributed by atoms with Gasteiger partial charge in [-0.05, 0) is 6.42 Å². The summed E-state index contributed by atoms with van der Waals surface area (Å²) in [6, 6.07) is -0.293. The van der Waals surface area contributed by atoms with E-state index in [-0.39, 0.29) is 18.2 Å². The molecule has 1 fully saturated rings. The van der Waals surface area contributed by atoms with E-state index in [1.165, 1.54) is 0 Å². The van der Waals surface area contributed by atoms with Crippen molar-refractivity contribution in [3.8, 4) is 12.3 Å². The topological polar surface area (TPSA) is 49.2 Å². The Morgan fingerprint density at radius 3 is 3.25 bits per heavy atom. The van der Waals surface area contributed by atoms with Crippen LogP contribution in [0.2, 0.25) is 0 Å². The number of rotatable bonds is 4. The van der Waals surface area contributed by atoms with Crippen LogP contribution in [0.4, 0.5) is 0 Å². The molecule has 1 aliphatic rings. The van der Waals surface area contributed by atoms with E-state index in [0.717, 1.165) is 0 Å². The molecule has 0 amide bonds. The first-order valence-corrected chi connectivity index (χ1v) is 5.10. The van der Waals surface area contributed by atoms with E-state index < -0.39 is 0 Å². The Kier molecular flexibility index (Phi) is 3.60. The van der Waals surface area contributed by atoms with Gasteiger partial charge in [-0.2, -0.15) is 0 Å². The second kappa shape index (κ2) is 5.15. The fraction of sp³-hybridized carbons (Fsp3) is 0.600. The quantitative estimate of drug-likeness (QED) is 0.523. The molecule has 1 saturated heterocycles. The van der Waals surface area contributed by atoms with Gasteiger partial charge in [0, 0.05) is 18.6 Å². The van der Waals surface area contributed by atoms with E-state index >= 15 is 0 Å². The van der Waals surface area contributed by atoms with Gasteiger partial charge in [0.25, 0.3) is 0 Å². The van der Waals surface area contributed by atoms with Crippen molar-refractivity contribution in [1.82, 2.24) is 15.0 Å². The number of hydrogen-bond donors (Lipinski definition) is 0. The van der Waals surface area contributed by atoms with E-state index in [9.17, 15) is 0 Å². The zero-order chi connectivity index (χ0) is 11.4. The predicted octanol–water partition coefficient (Wildman–Crippen LogP) is -0.0724. The molecule has 3 atom stereocenters. The van der Waals surface area contributed by atoms with Gasteiger partial charge in [-0.1, -0.05) is 5.21 Å². The molecule has 82 valence electrons. The lowest BCUT2D eigenvalue weighted by atomic mass is 9.96. The second-order valence-corrected chi connectivity index (χ2v) is 3.63. The van der Waals surface area contributed by atoms with E-state index in [1.54, 1.807) is 17.1 Å². The smallest absolute Gasteiger partial charge is 0.141 e. The maximum absolute atomic E-state index is 5.69. The fourth-order valence-electron chi connectivity index (χ4n) is 1.69. The van der Waals surface area contributed by atoms with Crippen molar-refractivity contribution in [2.24, 2.45) is 0 Å². The van der Waals surface area contributed by atoms with Crippen LogP contribution in [0, 0.1) is 12.3 Å². The molecule has 1 aliphatic heterocycles. The summed E-state index contributed by atoms with van der Waals surface area (Å²) in [6.07, 6.45) is 9.55. The van der Waals surface area contributed by atoms with Crippen molar-refractivity contribution < 1.29 is 9.47 Å². The predicted molar refractivity (Wildman–Crippen MR) is 57.4 cm³/mol. The standard InChI is InChI=1S/C10H12BN3O2/c1-2-3-8-9(6-10(11)16-8)15-7-14-5-4-12-13-14/h1,4-5,8-10H,3,6-7H2. The molecule has 2 radical (unpaired) electrons. The first-order chi connectivity index (χ1) is 7.79. The van der Waals surface area contributed by atoms with Crippen LogP contribution in [0.3, 0.4) is 0 Å². The highest BCUT2D eigenvalue weighted by Gasteiger charge is 2.32. The molecule has 1 aromatic rings. The van der Waals surface area contributed by atoms with Gasteiger partial charge in [0.15, 0.2) is 0 Å². The minimum absolute atomic E-state index is 0.0738. The first-order valence-electron chi connectivity index (χ1n) is 5.10. The van der Waals surface area contributed by atoms with Crippen molar-refractivity contribution in [1.29, 1.82) is 0 Å². The van der Waals surface area contributed by atoms with E-state index in [2.05, 4.69) is 16.2 Å². The van der Waals surface area contributed by atoms with Crippen molar-refractivity contribution in [3.63, 3.8) is 0 Å². The summed E-state index contributed by atoms with van der Waals surface area (Å²) in [6.45, 7) is 0.335. The van der Waals surface area contributed by atoms with Gasteiger partial charge in [-0.25, -0.2) is 4.68 Å². The van der Waals surface area contributed by atoms with Crippen LogP contribution in [0.25, 0.3) is 0 Å². The molecule has 16 heavy (non-hydrogen) atoms. The lowest BCUT2D eigenvalue weighted by molar-refractivity contribution is -0.0420. The minimum Gasteiger partial charge on any atom is -0.381 e. The number of terminal acetylenes is 1. The van der Waals surface area contributed by atoms with Crippen LogP contribution in [-0.4, -0.2) is 41.1 Å². The van der Waals surface area contributed by atoms with Gasteiger partial charge in [-0.15, -0.1) is 17.4 Å². The number of hydrogen-bond acceptors (Lipinski definition) is 4. The lowest BCUT2D eigenvalue weighted by Gasteiger charge is -2.16. The molecular formula is C10H12BN3O2. The summed E-state index contributed by atoms with van der Waals surface area (Å²) < 4.78 is 12.7. The average Bonchev–Trinajstić information content (AvgIpc) is 2.86. The molecule has 5 nitrogen and oxygen atoms in total. The Hall–Kier alpha value is -1.32. The van der Waals surface area contributed by atoms with Gasteiger partial charge in [0.1, 0.15) is 14.6 Å². The van der Waals surface area contributed by atoms with E-state index in [4.69, 9.17) is 23.7 Å². The Morgan fingerprint density at radius 1 is 1.69 bits per heavy atom. The summed E-state index contributed by atoms with van der Waals surface area (Å²) in [5, 5.41) is 7.48. The summed E-state index contributed by atoms with van der Waals surface area (Å²) in [5.74, 6) is 2.56. The summed E-state index contributed by atoms with van der Waals surface area (Å²) in [4.78, 5) is 0. The highest BCUT2D eigenvalue weighted by Crippen LogP contribution is 2.23. The maximum atomic E-state index is 5.69. The molecule has 0 bridgehead atoms. The third kappa shape index (κ3) is 2.63. The van der Waals surface area contributed by atoms with Gasteiger partial charge in [0.2, 0.25) is 0 Å². The third-order valence-corrected chi connectivity index (χ3v) is 2.44. The monoisotopic (exact) mass is 217 g/mol. The molecule has 2 rings (SSSR count). The maximum Gasteiger partial charge on any atom is 0.141 e. The van der Waals surface area contributed by atoms with Crippen LogP contribution in [-0.2, 0) is 16.2 Å². The summed E-state index contributed by atoms with van der Waals surface area (Å²) >= 11 is 0. The highest BCUT2D eigenvalue weighted by molar-refractivity contribution is 6.11. The zero-order valence-electron chi connectivity index (χ0n) is 8.82. The number of aromatic nitrogens is 3. The van der Waals surface area contributed by atoms with E-state index in [1.807, 2.05) is 0 Å². The molecule has 0 aromatic carbocycles. The summed E-state index contributed by atoms with van der Waals surface area (Å²) in [7, 11) is 5.69. The van der Waals surface area contributed by atoms with Gasteiger partial charge in [-0.3, -0.25) is 0 Å². The van der Waals surface area contributed by atoms with Crippen molar-refractivity contribution in [3.05, 3.63) is 12.4 Å². The van der Waals surface area contributed by atoms with E-state index in [0.29, 0.717) is 19.6 Å².